The third-order valence-electron chi connectivity index (χ3n) is 3.84. The van der Waals surface area contributed by atoms with E-state index >= 15 is 0 Å². The number of carbonyl (C=O) groups is 1. The van der Waals surface area contributed by atoms with Crippen LogP contribution < -0.4 is 5.32 Å². The summed E-state index contributed by atoms with van der Waals surface area (Å²) >= 11 is 0. The maximum atomic E-state index is 11.6. The van der Waals surface area contributed by atoms with Gasteiger partial charge in [0.1, 0.15) is 0 Å². The number of aliphatic hydroxyl groups is 1. The van der Waals surface area contributed by atoms with Crippen LogP contribution in [0.2, 0.25) is 0 Å². The number of nitrogens with one attached hydrogen (secondary N) is 1. The summed E-state index contributed by atoms with van der Waals surface area (Å²) in [5, 5.41) is 13.9. The van der Waals surface area contributed by atoms with Gasteiger partial charge in [-0.1, -0.05) is 38.1 Å². The largest absolute Gasteiger partial charge is 0.469 e. The van der Waals surface area contributed by atoms with Crippen molar-refractivity contribution in [1.29, 1.82) is 0 Å². The van der Waals surface area contributed by atoms with Crippen molar-refractivity contribution < 1.29 is 14.6 Å². The number of methoxy groups -OCH3 is 1. The molecule has 0 radical (unpaired) electrons. The van der Waals surface area contributed by atoms with Crippen LogP contribution in [0.4, 0.5) is 0 Å². The SMILES string of the molecule is CCc1ccc(C(O)C(CC(=O)OC)NC(C)CC)cc1. The summed E-state index contributed by atoms with van der Waals surface area (Å²) in [5.41, 5.74) is 2.04. The van der Waals surface area contributed by atoms with E-state index in [0.717, 1.165) is 18.4 Å². The van der Waals surface area contributed by atoms with Crippen LogP contribution in [0.25, 0.3) is 0 Å². The number of benzene rings is 1. The first-order valence-corrected chi connectivity index (χ1v) is 7.61. The van der Waals surface area contributed by atoms with E-state index in [0.29, 0.717) is 0 Å². The van der Waals surface area contributed by atoms with Gasteiger partial charge in [-0.3, -0.25) is 4.79 Å². The molecule has 0 spiro atoms. The Morgan fingerprint density at radius 3 is 2.38 bits per heavy atom. The number of ether oxygens (including phenoxy) is 1. The fourth-order valence-electron chi connectivity index (χ4n) is 2.19. The Kier molecular flexibility index (Phi) is 7.40. The van der Waals surface area contributed by atoms with Crippen molar-refractivity contribution >= 4 is 5.97 Å². The summed E-state index contributed by atoms with van der Waals surface area (Å²) < 4.78 is 4.73. The maximum absolute atomic E-state index is 11.6. The lowest BCUT2D eigenvalue weighted by Gasteiger charge is -2.27. The van der Waals surface area contributed by atoms with Crippen molar-refractivity contribution in [3.63, 3.8) is 0 Å². The van der Waals surface area contributed by atoms with Gasteiger partial charge in [0, 0.05) is 12.1 Å². The maximum Gasteiger partial charge on any atom is 0.307 e. The van der Waals surface area contributed by atoms with E-state index < -0.39 is 6.10 Å². The van der Waals surface area contributed by atoms with E-state index in [1.165, 1.54) is 12.7 Å². The number of aryl methyl sites for hydroxylation is 1. The summed E-state index contributed by atoms with van der Waals surface area (Å²) in [5.74, 6) is -0.319. The lowest BCUT2D eigenvalue weighted by Crippen LogP contribution is -2.42. The van der Waals surface area contributed by atoms with Crippen LogP contribution in [0.1, 0.15) is 50.8 Å². The number of rotatable bonds is 8. The zero-order chi connectivity index (χ0) is 15.8. The van der Waals surface area contributed by atoms with Gasteiger partial charge < -0.3 is 15.2 Å². The van der Waals surface area contributed by atoms with E-state index in [1.807, 2.05) is 31.2 Å². The van der Waals surface area contributed by atoms with Crippen LogP contribution in [0.3, 0.4) is 0 Å². The van der Waals surface area contributed by atoms with Gasteiger partial charge in [0.15, 0.2) is 0 Å². The van der Waals surface area contributed by atoms with Gasteiger partial charge in [-0.2, -0.15) is 0 Å². The highest BCUT2D eigenvalue weighted by Crippen LogP contribution is 2.21. The Balaban J connectivity index is 2.85. The molecule has 0 fully saturated rings. The number of hydrogen-bond donors (Lipinski definition) is 2. The molecule has 0 saturated heterocycles. The first kappa shape index (κ1) is 17.7. The molecule has 0 aliphatic carbocycles. The Labute approximate surface area is 127 Å². The van der Waals surface area contributed by atoms with Crippen LogP contribution >= 0.6 is 0 Å². The Bertz CT molecular complexity index is 430. The predicted molar refractivity (Wildman–Crippen MR) is 84.1 cm³/mol. The highest BCUT2D eigenvalue weighted by atomic mass is 16.5. The second-order valence-corrected chi connectivity index (χ2v) is 5.40. The van der Waals surface area contributed by atoms with E-state index in [9.17, 15) is 9.90 Å². The Morgan fingerprint density at radius 2 is 1.90 bits per heavy atom. The first-order valence-electron chi connectivity index (χ1n) is 7.61. The van der Waals surface area contributed by atoms with Crippen LogP contribution in [-0.2, 0) is 16.0 Å². The van der Waals surface area contributed by atoms with Crippen LogP contribution in [0.5, 0.6) is 0 Å². The average Bonchev–Trinajstić information content (AvgIpc) is 2.53. The zero-order valence-electron chi connectivity index (χ0n) is 13.4. The molecule has 1 aromatic rings. The third kappa shape index (κ3) is 5.48. The summed E-state index contributed by atoms with van der Waals surface area (Å²) in [6.07, 6.45) is 1.31. The molecule has 0 saturated carbocycles. The third-order valence-corrected chi connectivity index (χ3v) is 3.84. The first-order chi connectivity index (χ1) is 10.0. The van der Waals surface area contributed by atoms with Gasteiger partial charge in [-0.25, -0.2) is 0 Å². The van der Waals surface area contributed by atoms with Crippen LogP contribution in [0.15, 0.2) is 24.3 Å². The molecule has 4 heteroatoms. The van der Waals surface area contributed by atoms with Crippen LogP contribution in [0, 0.1) is 0 Å². The molecule has 0 aliphatic heterocycles. The smallest absolute Gasteiger partial charge is 0.307 e. The van der Waals surface area contributed by atoms with Gasteiger partial charge in [0.05, 0.1) is 19.6 Å². The van der Waals surface area contributed by atoms with Crippen molar-refractivity contribution in [2.75, 3.05) is 7.11 Å². The molecular formula is C17H27NO3. The molecule has 0 aliphatic rings. The fourth-order valence-corrected chi connectivity index (χ4v) is 2.19. The van der Waals surface area contributed by atoms with Gasteiger partial charge in [-0.15, -0.1) is 0 Å². The summed E-state index contributed by atoms with van der Waals surface area (Å²) in [4.78, 5) is 11.6. The average molecular weight is 293 g/mol. The molecule has 0 amide bonds. The molecule has 2 N–H and O–H groups in total. The van der Waals surface area contributed by atoms with Crippen molar-refractivity contribution in [1.82, 2.24) is 5.32 Å². The summed E-state index contributed by atoms with van der Waals surface area (Å²) in [6, 6.07) is 7.75. The van der Waals surface area contributed by atoms with Crippen molar-refractivity contribution in [3.05, 3.63) is 35.4 Å². The van der Waals surface area contributed by atoms with E-state index in [1.54, 1.807) is 0 Å². The molecule has 3 atom stereocenters. The standard InChI is InChI=1S/C17H27NO3/c1-5-12(3)18-15(11-16(19)21-4)17(20)14-9-7-13(6-2)8-10-14/h7-10,12,15,17-18,20H,5-6,11H2,1-4H3. The second kappa shape index (κ2) is 8.80. The molecule has 0 heterocycles. The molecule has 0 aromatic heterocycles. The molecule has 118 valence electrons. The van der Waals surface area contributed by atoms with Crippen molar-refractivity contribution in [3.8, 4) is 0 Å². The molecular weight excluding hydrogens is 266 g/mol. The minimum absolute atomic E-state index is 0.150. The second-order valence-electron chi connectivity index (χ2n) is 5.40. The topological polar surface area (TPSA) is 58.6 Å². The monoisotopic (exact) mass is 293 g/mol. The number of esters is 1. The highest BCUT2D eigenvalue weighted by Gasteiger charge is 2.25. The molecule has 0 bridgehead atoms. The summed E-state index contributed by atoms with van der Waals surface area (Å²) in [7, 11) is 1.37. The normalized spacial score (nSPS) is 15.3. The van der Waals surface area contributed by atoms with Gasteiger partial charge in [0.2, 0.25) is 0 Å². The zero-order valence-corrected chi connectivity index (χ0v) is 13.4. The van der Waals surface area contributed by atoms with Gasteiger partial charge in [0.25, 0.3) is 0 Å². The van der Waals surface area contributed by atoms with Crippen molar-refractivity contribution in [2.45, 2.75) is 58.2 Å². The van der Waals surface area contributed by atoms with E-state index in [-0.39, 0.29) is 24.5 Å². The van der Waals surface area contributed by atoms with Crippen molar-refractivity contribution in [2.24, 2.45) is 0 Å². The lowest BCUT2D eigenvalue weighted by atomic mass is 9.97. The van der Waals surface area contributed by atoms with Crippen LogP contribution in [-0.4, -0.2) is 30.3 Å². The molecule has 1 rings (SSSR count). The van der Waals surface area contributed by atoms with Gasteiger partial charge in [-0.05, 0) is 30.9 Å². The fraction of sp³-hybridized carbons (Fsp3) is 0.588. The molecule has 21 heavy (non-hydrogen) atoms. The van der Waals surface area contributed by atoms with Gasteiger partial charge >= 0.3 is 5.97 Å². The number of hydrogen-bond acceptors (Lipinski definition) is 4. The lowest BCUT2D eigenvalue weighted by molar-refractivity contribution is -0.142. The van der Waals surface area contributed by atoms with E-state index in [4.69, 9.17) is 4.74 Å². The number of carbonyl (C=O) groups excluding carboxylic acids is 1. The highest BCUT2D eigenvalue weighted by molar-refractivity contribution is 5.70. The minimum atomic E-state index is -0.732. The number of aliphatic hydroxyl groups excluding tert-OH is 1. The summed E-state index contributed by atoms with van der Waals surface area (Å²) in [6.45, 7) is 6.20. The quantitative estimate of drug-likeness (QED) is 0.723. The molecule has 3 unspecified atom stereocenters. The Hall–Kier alpha value is -1.39. The van der Waals surface area contributed by atoms with E-state index in [2.05, 4.69) is 19.2 Å². The Morgan fingerprint density at radius 1 is 1.29 bits per heavy atom. The molecule has 1 aromatic carbocycles. The molecule has 4 nitrogen and oxygen atoms in total. The minimum Gasteiger partial charge on any atom is -0.469 e. The predicted octanol–water partition coefficient (Wildman–Crippen LogP) is 2.60.